The summed E-state index contributed by atoms with van der Waals surface area (Å²) >= 11 is 0. The van der Waals surface area contributed by atoms with Crippen LogP contribution in [0.2, 0.25) is 0 Å². The topological polar surface area (TPSA) is 66.4 Å². The highest BCUT2D eigenvalue weighted by atomic mass is 16.4. The predicted molar refractivity (Wildman–Crippen MR) is 65.7 cm³/mol. The molecule has 0 unspecified atom stereocenters. The molecule has 1 saturated carbocycles. The van der Waals surface area contributed by atoms with Crippen LogP contribution in [-0.4, -0.2) is 22.5 Å². The lowest BCUT2D eigenvalue weighted by Gasteiger charge is -2.38. The lowest BCUT2D eigenvalue weighted by molar-refractivity contribution is -0.151. The third-order valence-corrected chi connectivity index (χ3v) is 3.33. The van der Waals surface area contributed by atoms with Crippen molar-refractivity contribution >= 4 is 11.9 Å². The van der Waals surface area contributed by atoms with Crippen LogP contribution in [-0.2, 0) is 9.59 Å². The van der Waals surface area contributed by atoms with Gasteiger partial charge in [-0.1, -0.05) is 20.8 Å². The van der Waals surface area contributed by atoms with Crippen molar-refractivity contribution in [1.82, 2.24) is 5.32 Å². The molecule has 2 N–H and O–H groups in total. The normalized spacial score (nSPS) is 18.3. The van der Waals surface area contributed by atoms with Gasteiger partial charge in [-0.25, -0.2) is 4.79 Å². The van der Waals surface area contributed by atoms with E-state index in [4.69, 9.17) is 5.11 Å². The molecule has 1 rings (SSSR count). The summed E-state index contributed by atoms with van der Waals surface area (Å²) in [5.41, 5.74) is -0.736. The van der Waals surface area contributed by atoms with Crippen molar-refractivity contribution in [3.63, 3.8) is 0 Å². The van der Waals surface area contributed by atoms with Crippen LogP contribution in [0.3, 0.4) is 0 Å². The molecule has 0 radical (unpaired) electrons. The third-order valence-electron chi connectivity index (χ3n) is 3.33. The molecule has 0 atom stereocenters. The molecule has 1 aliphatic carbocycles. The van der Waals surface area contributed by atoms with Gasteiger partial charge < -0.3 is 10.4 Å². The molecule has 0 bridgehead atoms. The Morgan fingerprint density at radius 1 is 1.29 bits per heavy atom. The number of carboxylic acid groups (broad SMARTS) is 1. The first kappa shape index (κ1) is 14.0. The summed E-state index contributed by atoms with van der Waals surface area (Å²) in [7, 11) is 0. The van der Waals surface area contributed by atoms with E-state index < -0.39 is 11.5 Å². The van der Waals surface area contributed by atoms with Gasteiger partial charge in [0.1, 0.15) is 5.54 Å². The van der Waals surface area contributed by atoms with Gasteiger partial charge in [0.05, 0.1) is 0 Å². The first-order valence-electron chi connectivity index (χ1n) is 6.30. The van der Waals surface area contributed by atoms with Gasteiger partial charge in [0.15, 0.2) is 0 Å². The zero-order chi connectivity index (χ0) is 13.1. The molecule has 4 heteroatoms. The Bertz CT molecular complexity index is 300. The SMILES string of the molecule is CC(C)(C)CCCC(=O)NC1(C(=O)O)CCC1. The zero-order valence-electron chi connectivity index (χ0n) is 11.0. The molecule has 17 heavy (non-hydrogen) atoms. The third kappa shape index (κ3) is 4.02. The van der Waals surface area contributed by atoms with E-state index in [0.717, 1.165) is 19.3 Å². The van der Waals surface area contributed by atoms with E-state index in [1.165, 1.54) is 0 Å². The predicted octanol–water partition coefficient (Wildman–Crippen LogP) is 2.33. The molecule has 0 heterocycles. The molecule has 1 fully saturated rings. The number of hydrogen-bond acceptors (Lipinski definition) is 2. The van der Waals surface area contributed by atoms with Gasteiger partial charge >= 0.3 is 5.97 Å². The quantitative estimate of drug-likeness (QED) is 0.776. The van der Waals surface area contributed by atoms with Crippen LogP contribution in [0.1, 0.15) is 59.3 Å². The maximum absolute atomic E-state index is 11.7. The van der Waals surface area contributed by atoms with E-state index in [1.54, 1.807) is 0 Å². The van der Waals surface area contributed by atoms with E-state index in [9.17, 15) is 9.59 Å². The molecule has 0 aromatic heterocycles. The van der Waals surface area contributed by atoms with E-state index in [1.807, 2.05) is 0 Å². The van der Waals surface area contributed by atoms with Gasteiger partial charge in [0.2, 0.25) is 5.91 Å². The van der Waals surface area contributed by atoms with Crippen LogP contribution >= 0.6 is 0 Å². The molecule has 1 aliphatic rings. The van der Waals surface area contributed by atoms with Crippen LogP contribution in [0.5, 0.6) is 0 Å². The van der Waals surface area contributed by atoms with E-state index >= 15 is 0 Å². The minimum Gasteiger partial charge on any atom is -0.480 e. The lowest BCUT2D eigenvalue weighted by Crippen LogP contribution is -2.59. The molecule has 0 aromatic carbocycles. The van der Waals surface area contributed by atoms with Crippen molar-refractivity contribution in [2.75, 3.05) is 0 Å². The van der Waals surface area contributed by atoms with Crippen LogP contribution in [0.4, 0.5) is 0 Å². The number of rotatable bonds is 5. The molecule has 4 nitrogen and oxygen atoms in total. The maximum Gasteiger partial charge on any atom is 0.329 e. The van der Waals surface area contributed by atoms with Crippen LogP contribution in [0.25, 0.3) is 0 Å². The van der Waals surface area contributed by atoms with Crippen LogP contribution in [0, 0.1) is 5.41 Å². The van der Waals surface area contributed by atoms with Crippen molar-refractivity contribution in [3.8, 4) is 0 Å². The number of aliphatic carboxylic acids is 1. The van der Waals surface area contributed by atoms with E-state index in [0.29, 0.717) is 19.3 Å². The van der Waals surface area contributed by atoms with Crippen molar-refractivity contribution in [2.45, 2.75) is 64.8 Å². The fourth-order valence-electron chi connectivity index (χ4n) is 2.03. The van der Waals surface area contributed by atoms with Crippen molar-refractivity contribution in [1.29, 1.82) is 0 Å². The van der Waals surface area contributed by atoms with Gasteiger partial charge in [0, 0.05) is 6.42 Å². The first-order valence-corrected chi connectivity index (χ1v) is 6.30. The highest BCUT2D eigenvalue weighted by Crippen LogP contribution is 2.32. The summed E-state index contributed by atoms with van der Waals surface area (Å²) in [5.74, 6) is -1.02. The Kier molecular flexibility index (Phi) is 4.17. The number of hydrogen-bond donors (Lipinski definition) is 2. The molecular formula is C13H23NO3. The molecular weight excluding hydrogens is 218 g/mol. The summed E-state index contributed by atoms with van der Waals surface area (Å²) in [5, 5.41) is 11.7. The summed E-state index contributed by atoms with van der Waals surface area (Å²) < 4.78 is 0. The minimum atomic E-state index is -0.960. The van der Waals surface area contributed by atoms with Gasteiger partial charge in [-0.2, -0.15) is 0 Å². The van der Waals surface area contributed by atoms with Crippen LogP contribution in [0.15, 0.2) is 0 Å². The number of amides is 1. The molecule has 0 aliphatic heterocycles. The summed E-state index contributed by atoms with van der Waals surface area (Å²) in [6.45, 7) is 6.40. The standard InChI is InChI=1S/C13H23NO3/c1-12(2,3)7-4-6-10(15)14-13(11(16)17)8-5-9-13/h4-9H2,1-3H3,(H,14,15)(H,16,17). The lowest BCUT2D eigenvalue weighted by atomic mass is 9.76. The summed E-state index contributed by atoms with van der Waals surface area (Å²) in [6.07, 6.45) is 4.22. The first-order chi connectivity index (χ1) is 7.75. The molecule has 0 spiro atoms. The monoisotopic (exact) mass is 241 g/mol. The van der Waals surface area contributed by atoms with E-state index in [-0.39, 0.29) is 11.3 Å². The fraction of sp³-hybridized carbons (Fsp3) is 0.846. The largest absolute Gasteiger partial charge is 0.480 e. The van der Waals surface area contributed by atoms with Crippen LogP contribution < -0.4 is 5.32 Å². The van der Waals surface area contributed by atoms with Gasteiger partial charge in [-0.05, 0) is 37.5 Å². The second-order valence-corrected chi connectivity index (χ2v) is 6.20. The molecule has 0 aromatic rings. The highest BCUT2D eigenvalue weighted by molar-refractivity contribution is 5.87. The van der Waals surface area contributed by atoms with Crippen molar-refractivity contribution in [3.05, 3.63) is 0 Å². The Morgan fingerprint density at radius 2 is 1.88 bits per heavy atom. The maximum atomic E-state index is 11.7. The zero-order valence-corrected chi connectivity index (χ0v) is 11.0. The second-order valence-electron chi connectivity index (χ2n) is 6.20. The summed E-state index contributed by atoms with van der Waals surface area (Å²) in [6, 6.07) is 0. The Labute approximate surface area is 103 Å². The highest BCUT2D eigenvalue weighted by Gasteiger charge is 2.45. The fourth-order valence-corrected chi connectivity index (χ4v) is 2.03. The number of carboxylic acids is 1. The van der Waals surface area contributed by atoms with Gasteiger partial charge in [-0.15, -0.1) is 0 Å². The molecule has 0 saturated heterocycles. The number of nitrogens with one attached hydrogen (secondary N) is 1. The Hall–Kier alpha value is -1.06. The number of carbonyl (C=O) groups is 2. The van der Waals surface area contributed by atoms with Crippen molar-refractivity contribution < 1.29 is 14.7 Å². The van der Waals surface area contributed by atoms with Crippen molar-refractivity contribution in [2.24, 2.45) is 5.41 Å². The average molecular weight is 241 g/mol. The van der Waals surface area contributed by atoms with Gasteiger partial charge in [0.25, 0.3) is 0 Å². The number of carbonyl (C=O) groups excluding carboxylic acids is 1. The molecule has 98 valence electrons. The minimum absolute atomic E-state index is 0.128. The molecule has 1 amide bonds. The smallest absolute Gasteiger partial charge is 0.329 e. The van der Waals surface area contributed by atoms with Gasteiger partial charge in [-0.3, -0.25) is 4.79 Å². The van der Waals surface area contributed by atoms with E-state index in [2.05, 4.69) is 26.1 Å². The Morgan fingerprint density at radius 3 is 2.24 bits per heavy atom. The second kappa shape index (κ2) is 5.07. The average Bonchev–Trinajstić information content (AvgIpc) is 2.08. The summed E-state index contributed by atoms with van der Waals surface area (Å²) in [4.78, 5) is 22.7. The Balaban J connectivity index is 2.32.